The van der Waals surface area contributed by atoms with Crippen LogP contribution in [0.15, 0.2) is 22.7 Å². The normalized spacial score (nSPS) is 12.2. The van der Waals surface area contributed by atoms with Gasteiger partial charge in [-0.1, -0.05) is 60.1 Å². The molecular formula is C15H21BrClNO. The molecule has 0 aliphatic carbocycles. The highest BCUT2D eigenvalue weighted by molar-refractivity contribution is 9.10. The monoisotopic (exact) mass is 345 g/mol. The standard InChI is InChI=1S/C15H21BrClNO/c1-3-4-5-6-7-11(2)18-15(19)12-8-13(16)10-14(17)9-12/h8-11H,3-7H2,1-2H3,(H,18,19). The summed E-state index contributed by atoms with van der Waals surface area (Å²) in [7, 11) is 0. The Hall–Kier alpha value is -0.540. The fourth-order valence-electron chi connectivity index (χ4n) is 1.94. The minimum absolute atomic E-state index is 0.0637. The molecule has 0 aliphatic heterocycles. The van der Waals surface area contributed by atoms with E-state index in [-0.39, 0.29) is 11.9 Å². The summed E-state index contributed by atoms with van der Waals surface area (Å²) in [4.78, 5) is 12.1. The number of unbranched alkanes of at least 4 members (excludes halogenated alkanes) is 3. The summed E-state index contributed by atoms with van der Waals surface area (Å²) >= 11 is 9.28. The third kappa shape index (κ3) is 6.44. The van der Waals surface area contributed by atoms with Crippen LogP contribution in [0.2, 0.25) is 5.02 Å². The summed E-state index contributed by atoms with van der Waals surface area (Å²) in [6, 6.07) is 5.44. The van der Waals surface area contributed by atoms with Gasteiger partial charge in [-0.25, -0.2) is 0 Å². The zero-order valence-corrected chi connectivity index (χ0v) is 13.9. The van der Waals surface area contributed by atoms with Crippen molar-refractivity contribution in [3.63, 3.8) is 0 Å². The molecule has 0 bridgehead atoms. The summed E-state index contributed by atoms with van der Waals surface area (Å²) < 4.78 is 0.820. The van der Waals surface area contributed by atoms with E-state index in [0.29, 0.717) is 10.6 Å². The maximum absolute atomic E-state index is 12.1. The molecule has 106 valence electrons. The Morgan fingerprint density at radius 3 is 2.68 bits per heavy atom. The van der Waals surface area contributed by atoms with Gasteiger partial charge < -0.3 is 5.32 Å². The van der Waals surface area contributed by atoms with Crippen LogP contribution in [0.4, 0.5) is 0 Å². The fraction of sp³-hybridized carbons (Fsp3) is 0.533. The Kier molecular flexibility index (Phi) is 7.47. The van der Waals surface area contributed by atoms with Crippen molar-refractivity contribution in [2.24, 2.45) is 0 Å². The molecule has 19 heavy (non-hydrogen) atoms. The van der Waals surface area contributed by atoms with Crippen molar-refractivity contribution in [2.75, 3.05) is 0 Å². The predicted molar refractivity (Wildman–Crippen MR) is 84.8 cm³/mol. The molecule has 0 aliphatic rings. The first-order valence-electron chi connectivity index (χ1n) is 6.80. The van der Waals surface area contributed by atoms with E-state index in [1.807, 2.05) is 6.92 Å². The maximum Gasteiger partial charge on any atom is 0.251 e. The van der Waals surface area contributed by atoms with Crippen LogP contribution in [0, 0.1) is 0 Å². The fourth-order valence-corrected chi connectivity index (χ4v) is 2.80. The summed E-state index contributed by atoms with van der Waals surface area (Å²) in [5.41, 5.74) is 0.597. The lowest BCUT2D eigenvalue weighted by Crippen LogP contribution is -2.32. The van der Waals surface area contributed by atoms with Crippen molar-refractivity contribution < 1.29 is 4.79 Å². The van der Waals surface area contributed by atoms with Crippen LogP contribution in [-0.4, -0.2) is 11.9 Å². The molecule has 2 nitrogen and oxygen atoms in total. The Labute approximate surface area is 129 Å². The molecule has 1 unspecified atom stereocenters. The minimum Gasteiger partial charge on any atom is -0.350 e. The van der Waals surface area contributed by atoms with Crippen LogP contribution in [0.5, 0.6) is 0 Å². The number of rotatable bonds is 7. The largest absolute Gasteiger partial charge is 0.350 e. The lowest BCUT2D eigenvalue weighted by molar-refractivity contribution is 0.0938. The molecule has 0 radical (unpaired) electrons. The molecule has 0 spiro atoms. The van der Waals surface area contributed by atoms with Crippen molar-refractivity contribution in [1.82, 2.24) is 5.32 Å². The lowest BCUT2D eigenvalue weighted by atomic mass is 10.1. The highest BCUT2D eigenvalue weighted by atomic mass is 79.9. The Balaban J connectivity index is 2.45. The molecule has 1 aromatic carbocycles. The van der Waals surface area contributed by atoms with Gasteiger partial charge in [0, 0.05) is 21.1 Å². The van der Waals surface area contributed by atoms with E-state index in [2.05, 4.69) is 28.2 Å². The van der Waals surface area contributed by atoms with Crippen molar-refractivity contribution >= 4 is 33.4 Å². The summed E-state index contributed by atoms with van der Waals surface area (Å²) in [6.07, 6.45) is 5.92. The smallest absolute Gasteiger partial charge is 0.251 e. The second-order valence-electron chi connectivity index (χ2n) is 4.88. The van der Waals surface area contributed by atoms with Crippen molar-refractivity contribution in [2.45, 2.75) is 52.0 Å². The average molecular weight is 347 g/mol. The van der Waals surface area contributed by atoms with E-state index in [1.165, 1.54) is 19.3 Å². The molecular weight excluding hydrogens is 326 g/mol. The van der Waals surface area contributed by atoms with E-state index in [1.54, 1.807) is 18.2 Å². The van der Waals surface area contributed by atoms with Crippen LogP contribution in [-0.2, 0) is 0 Å². The summed E-state index contributed by atoms with van der Waals surface area (Å²) in [5.74, 6) is -0.0637. The molecule has 1 aromatic rings. The Morgan fingerprint density at radius 1 is 1.32 bits per heavy atom. The van der Waals surface area contributed by atoms with Gasteiger partial charge in [0.05, 0.1) is 0 Å². The number of carbonyl (C=O) groups is 1. The lowest BCUT2D eigenvalue weighted by Gasteiger charge is -2.14. The van der Waals surface area contributed by atoms with Gasteiger partial charge in [-0.2, -0.15) is 0 Å². The second-order valence-corrected chi connectivity index (χ2v) is 6.23. The quantitative estimate of drug-likeness (QED) is 0.676. The molecule has 0 heterocycles. The van der Waals surface area contributed by atoms with Crippen molar-refractivity contribution in [3.8, 4) is 0 Å². The molecule has 4 heteroatoms. The molecule has 0 saturated heterocycles. The van der Waals surface area contributed by atoms with E-state index in [9.17, 15) is 4.79 Å². The van der Waals surface area contributed by atoms with Crippen LogP contribution < -0.4 is 5.32 Å². The predicted octanol–water partition coefficient (Wildman–Crippen LogP) is 5.19. The van der Waals surface area contributed by atoms with Gasteiger partial charge in [-0.15, -0.1) is 0 Å². The Bertz CT molecular complexity index is 402. The molecule has 1 amide bonds. The maximum atomic E-state index is 12.1. The van der Waals surface area contributed by atoms with Crippen molar-refractivity contribution in [3.05, 3.63) is 33.3 Å². The van der Waals surface area contributed by atoms with Gasteiger partial charge in [0.1, 0.15) is 0 Å². The number of amides is 1. The van der Waals surface area contributed by atoms with Crippen LogP contribution in [0.25, 0.3) is 0 Å². The van der Waals surface area contributed by atoms with Crippen molar-refractivity contribution in [1.29, 1.82) is 0 Å². The third-order valence-electron chi connectivity index (χ3n) is 2.99. The van der Waals surface area contributed by atoms with E-state index >= 15 is 0 Å². The topological polar surface area (TPSA) is 29.1 Å². The molecule has 1 N–H and O–H groups in total. The molecule has 0 fully saturated rings. The third-order valence-corrected chi connectivity index (χ3v) is 3.67. The Morgan fingerprint density at radius 2 is 2.05 bits per heavy atom. The van der Waals surface area contributed by atoms with Gasteiger partial charge in [0.25, 0.3) is 5.91 Å². The van der Waals surface area contributed by atoms with Gasteiger partial charge in [0.2, 0.25) is 0 Å². The first-order chi connectivity index (χ1) is 9.02. The van der Waals surface area contributed by atoms with Gasteiger partial charge >= 0.3 is 0 Å². The number of hydrogen-bond acceptors (Lipinski definition) is 1. The first kappa shape index (κ1) is 16.5. The second kappa shape index (κ2) is 8.60. The van der Waals surface area contributed by atoms with E-state index in [0.717, 1.165) is 17.3 Å². The highest BCUT2D eigenvalue weighted by Crippen LogP contribution is 2.19. The highest BCUT2D eigenvalue weighted by Gasteiger charge is 2.10. The number of nitrogens with one attached hydrogen (secondary N) is 1. The summed E-state index contributed by atoms with van der Waals surface area (Å²) in [5, 5.41) is 3.57. The van der Waals surface area contributed by atoms with Crippen LogP contribution in [0.3, 0.4) is 0 Å². The number of carbonyl (C=O) groups excluding carboxylic acids is 1. The number of hydrogen-bond donors (Lipinski definition) is 1. The molecule has 1 rings (SSSR count). The van der Waals surface area contributed by atoms with Gasteiger partial charge in [-0.3, -0.25) is 4.79 Å². The average Bonchev–Trinajstić information content (AvgIpc) is 2.33. The van der Waals surface area contributed by atoms with Gasteiger partial charge in [0.15, 0.2) is 0 Å². The first-order valence-corrected chi connectivity index (χ1v) is 7.97. The zero-order chi connectivity index (χ0) is 14.3. The van der Waals surface area contributed by atoms with Crippen LogP contribution in [0.1, 0.15) is 56.3 Å². The number of halogens is 2. The van der Waals surface area contributed by atoms with Crippen LogP contribution >= 0.6 is 27.5 Å². The number of benzene rings is 1. The van der Waals surface area contributed by atoms with Gasteiger partial charge in [-0.05, 0) is 31.5 Å². The summed E-state index contributed by atoms with van der Waals surface area (Å²) in [6.45, 7) is 4.24. The minimum atomic E-state index is -0.0637. The molecule has 0 aromatic heterocycles. The van der Waals surface area contributed by atoms with E-state index in [4.69, 9.17) is 11.6 Å². The van der Waals surface area contributed by atoms with E-state index < -0.39 is 0 Å². The zero-order valence-electron chi connectivity index (χ0n) is 11.5. The molecule has 1 atom stereocenters. The molecule has 0 saturated carbocycles. The SMILES string of the molecule is CCCCCCC(C)NC(=O)c1cc(Cl)cc(Br)c1.